The third-order valence-electron chi connectivity index (χ3n) is 4.83. The molecule has 0 fully saturated rings. The predicted octanol–water partition coefficient (Wildman–Crippen LogP) is -0.446. The zero-order valence-electron chi connectivity index (χ0n) is 19.1. The molecule has 0 aliphatic heterocycles. The Labute approximate surface area is 183 Å². The highest BCUT2D eigenvalue weighted by molar-refractivity contribution is 6.15. The van der Waals surface area contributed by atoms with Gasteiger partial charge in [0.25, 0.3) is 0 Å². The van der Waals surface area contributed by atoms with E-state index in [0.29, 0.717) is 4.90 Å². The predicted molar refractivity (Wildman–Crippen MR) is 118 cm³/mol. The number of ketones is 1. The lowest BCUT2D eigenvalue weighted by Crippen LogP contribution is -2.68. The third kappa shape index (κ3) is 7.91. The lowest BCUT2D eigenvalue weighted by molar-refractivity contribution is -0.172. The van der Waals surface area contributed by atoms with Crippen LogP contribution in [0.3, 0.4) is 0 Å². The Morgan fingerprint density at radius 1 is 0.935 bits per heavy atom. The molecule has 0 rings (SSSR count). The van der Waals surface area contributed by atoms with Gasteiger partial charge in [0.1, 0.15) is 0 Å². The van der Waals surface area contributed by atoms with E-state index >= 15 is 0 Å². The van der Waals surface area contributed by atoms with Gasteiger partial charge in [-0.1, -0.05) is 27.7 Å². The second kappa shape index (κ2) is 12.4. The number of carbonyl (C=O) groups excluding carboxylic acids is 3. The Morgan fingerprint density at radius 3 is 1.65 bits per heavy atom. The van der Waals surface area contributed by atoms with Crippen LogP contribution in [0.5, 0.6) is 0 Å². The minimum absolute atomic E-state index is 0.00124. The molecule has 0 saturated carbocycles. The fourth-order valence-electron chi connectivity index (χ4n) is 3.38. The Bertz CT molecular complexity index is 646. The highest BCUT2D eigenvalue weighted by atomic mass is 16.4. The molecule has 0 aliphatic carbocycles. The van der Waals surface area contributed by atoms with Crippen LogP contribution >= 0.6 is 0 Å². The number of carboxylic acid groups (broad SMARTS) is 1. The molecule has 0 heterocycles. The van der Waals surface area contributed by atoms with Gasteiger partial charge in [-0.3, -0.25) is 24.3 Å². The van der Waals surface area contributed by atoms with Crippen molar-refractivity contribution in [3.63, 3.8) is 0 Å². The lowest BCUT2D eigenvalue weighted by Gasteiger charge is -2.40. The number of hydrogen-bond donors (Lipinski definition) is 5. The molecule has 0 aliphatic rings. The van der Waals surface area contributed by atoms with Crippen LogP contribution < -0.4 is 22.9 Å². The molecule has 11 heteroatoms. The van der Waals surface area contributed by atoms with E-state index in [-0.39, 0.29) is 50.0 Å². The summed E-state index contributed by atoms with van der Waals surface area (Å²) >= 11 is 0. The number of carbonyl (C=O) groups is 4. The number of carboxylic acids is 1. The van der Waals surface area contributed by atoms with Crippen LogP contribution in [-0.2, 0) is 19.2 Å². The summed E-state index contributed by atoms with van der Waals surface area (Å²) in [5.74, 6) is -4.63. The Hall–Kier alpha value is -2.53. The number of amides is 2. The van der Waals surface area contributed by atoms with Crippen molar-refractivity contribution in [3.05, 3.63) is 0 Å². The van der Waals surface area contributed by atoms with Gasteiger partial charge < -0.3 is 28.0 Å². The van der Waals surface area contributed by atoms with Gasteiger partial charge in [-0.2, -0.15) is 0 Å². The summed E-state index contributed by atoms with van der Waals surface area (Å²) < 4.78 is 0. The second-order valence-electron chi connectivity index (χ2n) is 8.62. The van der Waals surface area contributed by atoms with Crippen LogP contribution in [0.25, 0.3) is 0 Å². The van der Waals surface area contributed by atoms with E-state index in [4.69, 9.17) is 22.9 Å². The molecule has 0 bridgehead atoms. The smallest absolute Gasteiger partial charge is 0.337 e. The lowest BCUT2D eigenvalue weighted by atomic mass is 9.85. The molecule has 0 spiro atoms. The molecule has 3 atom stereocenters. The molecule has 0 saturated heterocycles. The molecule has 0 aromatic heterocycles. The van der Waals surface area contributed by atoms with E-state index in [1.54, 1.807) is 0 Å². The monoisotopic (exact) mass is 442 g/mol. The minimum Gasteiger partial charge on any atom is -0.479 e. The number of hydrogen-bond acceptors (Lipinski definition) is 7. The molecule has 0 aromatic rings. The quantitative estimate of drug-likeness (QED) is 0.108. The first-order valence-electron chi connectivity index (χ1n) is 10.4. The summed E-state index contributed by atoms with van der Waals surface area (Å²) in [5.41, 5.74) is 20.1. The van der Waals surface area contributed by atoms with Crippen molar-refractivity contribution in [2.45, 2.75) is 77.9 Å². The molecular weight excluding hydrogens is 404 g/mol. The molecule has 178 valence electrons. The maximum Gasteiger partial charge on any atom is 0.337 e. The molecule has 0 aromatic carbocycles. The number of nitrogens with zero attached hydrogens (tertiary/aromatic N) is 2. The summed E-state index contributed by atoms with van der Waals surface area (Å²) in [4.78, 5) is 55.8. The molecule has 11 nitrogen and oxygen atoms in total. The SMILES string of the molecule is CC(=O)C(CCCN=C(N)N)(C(=O)O)N(C(=O)C(N)CC(C)C)C(=O)C(N)CC(C)C. The second-order valence-corrected chi connectivity index (χ2v) is 8.62. The number of nitrogens with two attached hydrogens (primary N) is 4. The van der Waals surface area contributed by atoms with E-state index in [1.165, 1.54) is 0 Å². The van der Waals surface area contributed by atoms with Crippen molar-refractivity contribution >= 4 is 29.5 Å². The standard InChI is InChI=1S/C20H38N6O5/c1-11(2)9-14(21)16(28)26(17(29)15(22)10-12(3)4)20(13(5)27,18(30)31)7-6-8-25-19(23)24/h11-12,14-15H,6-10,21-22H2,1-5H3,(H,30,31)(H4,23,24,25). The third-order valence-corrected chi connectivity index (χ3v) is 4.83. The van der Waals surface area contributed by atoms with Gasteiger partial charge >= 0.3 is 5.97 Å². The molecule has 31 heavy (non-hydrogen) atoms. The number of aliphatic carboxylic acids is 1. The first kappa shape index (κ1) is 28.5. The highest BCUT2D eigenvalue weighted by Gasteiger charge is 2.55. The van der Waals surface area contributed by atoms with Crippen molar-refractivity contribution in [2.75, 3.05) is 6.54 Å². The Kier molecular flexibility index (Phi) is 11.3. The summed E-state index contributed by atoms with van der Waals surface area (Å²) in [6.45, 7) is 8.34. The van der Waals surface area contributed by atoms with Crippen LogP contribution in [0.15, 0.2) is 4.99 Å². The summed E-state index contributed by atoms with van der Waals surface area (Å²) in [5, 5.41) is 10.1. The number of imide groups is 1. The summed E-state index contributed by atoms with van der Waals surface area (Å²) in [6.07, 6.45) is 0.0433. The number of guanidine groups is 1. The number of Topliss-reactive ketones (excluding diaryl/α,β-unsaturated/α-hetero) is 1. The van der Waals surface area contributed by atoms with E-state index in [2.05, 4.69) is 4.99 Å². The van der Waals surface area contributed by atoms with Crippen LogP contribution in [0.4, 0.5) is 0 Å². The van der Waals surface area contributed by atoms with E-state index in [9.17, 15) is 24.3 Å². The molecule has 9 N–H and O–H groups in total. The van der Waals surface area contributed by atoms with Crippen LogP contribution in [0, 0.1) is 11.8 Å². The number of aliphatic imine (C=N–C) groups is 1. The highest BCUT2D eigenvalue weighted by Crippen LogP contribution is 2.27. The fourth-order valence-corrected chi connectivity index (χ4v) is 3.38. The Morgan fingerprint density at radius 2 is 1.35 bits per heavy atom. The molecular formula is C20H38N6O5. The van der Waals surface area contributed by atoms with E-state index in [0.717, 1.165) is 6.92 Å². The van der Waals surface area contributed by atoms with Crippen molar-refractivity contribution in [1.82, 2.24) is 4.90 Å². The van der Waals surface area contributed by atoms with Crippen LogP contribution in [-0.4, -0.2) is 63.7 Å². The molecule has 3 unspecified atom stereocenters. The van der Waals surface area contributed by atoms with Crippen LogP contribution in [0.2, 0.25) is 0 Å². The maximum atomic E-state index is 13.2. The van der Waals surface area contributed by atoms with Gasteiger partial charge in [-0.25, -0.2) is 4.79 Å². The average molecular weight is 443 g/mol. The molecule has 0 radical (unpaired) electrons. The van der Waals surface area contributed by atoms with Gasteiger partial charge in [0.15, 0.2) is 11.7 Å². The van der Waals surface area contributed by atoms with Crippen molar-refractivity contribution in [2.24, 2.45) is 39.8 Å². The van der Waals surface area contributed by atoms with Crippen molar-refractivity contribution < 1.29 is 24.3 Å². The summed E-state index contributed by atoms with van der Waals surface area (Å²) in [7, 11) is 0. The number of rotatable bonds is 13. The zero-order chi connectivity index (χ0) is 24.5. The summed E-state index contributed by atoms with van der Waals surface area (Å²) in [6, 6.07) is -2.35. The minimum atomic E-state index is -2.46. The van der Waals surface area contributed by atoms with Gasteiger partial charge in [0.2, 0.25) is 17.4 Å². The zero-order valence-corrected chi connectivity index (χ0v) is 19.1. The fraction of sp³-hybridized carbons (Fsp3) is 0.750. The van der Waals surface area contributed by atoms with E-state index < -0.39 is 41.2 Å². The maximum absolute atomic E-state index is 13.2. The van der Waals surface area contributed by atoms with Gasteiger partial charge in [0, 0.05) is 6.54 Å². The topological polar surface area (TPSA) is 208 Å². The van der Waals surface area contributed by atoms with Crippen molar-refractivity contribution in [3.8, 4) is 0 Å². The van der Waals surface area contributed by atoms with Crippen LogP contribution in [0.1, 0.15) is 60.3 Å². The van der Waals surface area contributed by atoms with Gasteiger partial charge in [-0.05, 0) is 44.4 Å². The Balaban J connectivity index is 6.45. The first-order valence-corrected chi connectivity index (χ1v) is 10.4. The normalized spacial score (nSPS) is 15.1. The largest absolute Gasteiger partial charge is 0.479 e. The molecule has 2 amide bonds. The van der Waals surface area contributed by atoms with Gasteiger partial charge in [0.05, 0.1) is 12.1 Å². The average Bonchev–Trinajstić information content (AvgIpc) is 2.61. The van der Waals surface area contributed by atoms with Gasteiger partial charge in [-0.15, -0.1) is 0 Å². The van der Waals surface area contributed by atoms with E-state index in [1.807, 2.05) is 27.7 Å². The van der Waals surface area contributed by atoms with Crippen molar-refractivity contribution in [1.29, 1.82) is 0 Å². The first-order chi connectivity index (χ1) is 14.2.